The van der Waals surface area contributed by atoms with Gasteiger partial charge in [0.25, 0.3) is 0 Å². The first-order valence-electron chi connectivity index (χ1n) is 7.66. The Kier molecular flexibility index (Phi) is 5.02. The van der Waals surface area contributed by atoms with Crippen LogP contribution in [0.4, 0.5) is 0 Å². The lowest BCUT2D eigenvalue weighted by Gasteiger charge is -2.26. The molecular weight excluding hydrogens is 258 g/mol. The molecule has 0 bridgehead atoms. The fraction of sp³-hybridized carbons (Fsp3) is 0.867. The number of hydrogen-bond donors (Lipinski definition) is 3. The predicted molar refractivity (Wildman–Crippen MR) is 74.1 cm³/mol. The Balaban J connectivity index is 1.78. The van der Waals surface area contributed by atoms with E-state index in [2.05, 4.69) is 5.32 Å². The van der Waals surface area contributed by atoms with E-state index in [0.29, 0.717) is 18.9 Å². The molecule has 2 aliphatic carbocycles. The average molecular weight is 283 g/mol. The van der Waals surface area contributed by atoms with Crippen molar-refractivity contribution in [1.29, 1.82) is 0 Å². The summed E-state index contributed by atoms with van der Waals surface area (Å²) >= 11 is 0. The Labute approximate surface area is 119 Å². The number of carboxylic acids is 1. The van der Waals surface area contributed by atoms with Gasteiger partial charge in [-0.25, -0.2) is 0 Å². The quantitative estimate of drug-likeness (QED) is 0.692. The third kappa shape index (κ3) is 4.20. The smallest absolute Gasteiger partial charge is 0.303 e. The van der Waals surface area contributed by atoms with Crippen LogP contribution < -0.4 is 5.32 Å². The van der Waals surface area contributed by atoms with Gasteiger partial charge < -0.3 is 15.5 Å². The number of nitrogens with one attached hydrogen (secondary N) is 1. The summed E-state index contributed by atoms with van der Waals surface area (Å²) in [5.41, 5.74) is -0.328. The van der Waals surface area contributed by atoms with Crippen LogP contribution in [-0.2, 0) is 9.59 Å². The van der Waals surface area contributed by atoms with E-state index in [1.54, 1.807) is 0 Å². The Morgan fingerprint density at radius 3 is 2.40 bits per heavy atom. The summed E-state index contributed by atoms with van der Waals surface area (Å²) in [6, 6.07) is 0. The predicted octanol–water partition coefficient (Wildman–Crippen LogP) is 1.69. The van der Waals surface area contributed by atoms with Crippen LogP contribution in [-0.4, -0.2) is 34.7 Å². The molecule has 0 aromatic carbocycles. The van der Waals surface area contributed by atoms with E-state index < -0.39 is 5.97 Å². The van der Waals surface area contributed by atoms with E-state index in [1.807, 2.05) is 0 Å². The fourth-order valence-electron chi connectivity index (χ4n) is 3.76. The molecule has 2 aliphatic rings. The first kappa shape index (κ1) is 15.3. The molecule has 2 saturated carbocycles. The molecular formula is C15H25NO4. The maximum atomic E-state index is 12.1. The van der Waals surface area contributed by atoms with Gasteiger partial charge in [0.1, 0.15) is 0 Å². The summed E-state index contributed by atoms with van der Waals surface area (Å²) in [7, 11) is 0. The minimum Gasteiger partial charge on any atom is -0.481 e. The Morgan fingerprint density at radius 1 is 1.15 bits per heavy atom. The third-order valence-electron chi connectivity index (χ3n) is 4.83. The summed E-state index contributed by atoms with van der Waals surface area (Å²) in [4.78, 5) is 23.0. The van der Waals surface area contributed by atoms with Gasteiger partial charge in [-0.05, 0) is 43.4 Å². The second-order valence-corrected chi connectivity index (χ2v) is 6.59. The van der Waals surface area contributed by atoms with Crippen LogP contribution in [0.5, 0.6) is 0 Å². The fourth-order valence-corrected chi connectivity index (χ4v) is 3.76. The zero-order valence-electron chi connectivity index (χ0n) is 11.9. The lowest BCUT2D eigenvalue weighted by atomic mass is 9.79. The molecule has 2 unspecified atom stereocenters. The van der Waals surface area contributed by atoms with Crippen molar-refractivity contribution < 1.29 is 19.8 Å². The molecule has 3 N–H and O–H groups in total. The van der Waals surface area contributed by atoms with Crippen LogP contribution in [0.25, 0.3) is 0 Å². The van der Waals surface area contributed by atoms with Crippen molar-refractivity contribution in [3.63, 3.8) is 0 Å². The standard InChI is InChI=1S/C15H25NO4/c17-12-4-3-11(7-12)10-16-13(18)8-15(9-14(19)20)5-1-2-6-15/h11-12,17H,1-10H2,(H,16,18)(H,19,20). The van der Waals surface area contributed by atoms with E-state index in [9.17, 15) is 14.7 Å². The minimum atomic E-state index is -0.807. The molecule has 2 rings (SSSR count). The molecule has 0 heterocycles. The van der Waals surface area contributed by atoms with Crippen molar-refractivity contribution >= 4 is 11.9 Å². The molecule has 114 valence electrons. The Bertz CT molecular complexity index is 363. The SMILES string of the molecule is O=C(O)CC1(CC(=O)NCC2CCC(O)C2)CCCC1. The molecule has 0 spiro atoms. The van der Waals surface area contributed by atoms with Crippen LogP contribution in [0.2, 0.25) is 0 Å². The first-order chi connectivity index (χ1) is 9.49. The first-order valence-corrected chi connectivity index (χ1v) is 7.66. The second-order valence-electron chi connectivity index (χ2n) is 6.59. The number of rotatable bonds is 6. The zero-order chi connectivity index (χ0) is 14.6. The van der Waals surface area contributed by atoms with Crippen molar-refractivity contribution in [3.05, 3.63) is 0 Å². The Hall–Kier alpha value is -1.10. The van der Waals surface area contributed by atoms with Gasteiger partial charge in [-0.15, -0.1) is 0 Å². The summed E-state index contributed by atoms with van der Waals surface area (Å²) in [5, 5.41) is 21.4. The van der Waals surface area contributed by atoms with Crippen LogP contribution in [0.1, 0.15) is 57.8 Å². The van der Waals surface area contributed by atoms with Crippen molar-refractivity contribution in [2.75, 3.05) is 6.54 Å². The van der Waals surface area contributed by atoms with E-state index in [1.165, 1.54) is 0 Å². The molecule has 1 amide bonds. The normalized spacial score (nSPS) is 28.4. The maximum absolute atomic E-state index is 12.1. The molecule has 5 heteroatoms. The summed E-state index contributed by atoms with van der Waals surface area (Å²) < 4.78 is 0. The molecule has 0 saturated heterocycles. The van der Waals surface area contributed by atoms with Crippen molar-refractivity contribution in [2.24, 2.45) is 11.3 Å². The summed E-state index contributed by atoms with van der Waals surface area (Å²) in [5.74, 6) is -0.471. The topological polar surface area (TPSA) is 86.6 Å². The molecule has 0 aromatic heterocycles. The second kappa shape index (κ2) is 6.57. The maximum Gasteiger partial charge on any atom is 0.303 e. The Morgan fingerprint density at radius 2 is 1.85 bits per heavy atom. The summed E-state index contributed by atoms with van der Waals surface area (Å²) in [6.45, 7) is 0.610. The lowest BCUT2D eigenvalue weighted by Crippen LogP contribution is -2.34. The van der Waals surface area contributed by atoms with Gasteiger partial charge in [0, 0.05) is 13.0 Å². The van der Waals surface area contributed by atoms with Crippen LogP contribution in [0.3, 0.4) is 0 Å². The van der Waals surface area contributed by atoms with Gasteiger partial charge in [-0.2, -0.15) is 0 Å². The van der Waals surface area contributed by atoms with Gasteiger partial charge >= 0.3 is 5.97 Å². The number of hydrogen-bond acceptors (Lipinski definition) is 3. The number of aliphatic carboxylic acids is 1. The summed E-state index contributed by atoms with van der Waals surface area (Å²) in [6.07, 6.45) is 6.49. The van der Waals surface area contributed by atoms with E-state index >= 15 is 0 Å². The molecule has 0 aliphatic heterocycles. The van der Waals surface area contributed by atoms with Crippen molar-refractivity contribution in [3.8, 4) is 0 Å². The highest BCUT2D eigenvalue weighted by molar-refractivity contribution is 5.78. The highest BCUT2D eigenvalue weighted by Gasteiger charge is 2.38. The average Bonchev–Trinajstić information content (AvgIpc) is 2.95. The minimum absolute atomic E-state index is 0.0328. The number of aliphatic hydroxyl groups is 1. The largest absolute Gasteiger partial charge is 0.481 e. The number of carbonyl (C=O) groups is 2. The van der Waals surface area contributed by atoms with Gasteiger partial charge in [0.15, 0.2) is 0 Å². The zero-order valence-corrected chi connectivity index (χ0v) is 11.9. The van der Waals surface area contributed by atoms with E-state index in [0.717, 1.165) is 44.9 Å². The van der Waals surface area contributed by atoms with E-state index in [4.69, 9.17) is 5.11 Å². The van der Waals surface area contributed by atoms with Gasteiger partial charge in [0.05, 0.1) is 12.5 Å². The van der Waals surface area contributed by atoms with Gasteiger partial charge in [-0.3, -0.25) is 9.59 Å². The van der Waals surface area contributed by atoms with Crippen LogP contribution in [0.15, 0.2) is 0 Å². The molecule has 0 radical (unpaired) electrons. The number of carboxylic acid groups (broad SMARTS) is 1. The van der Waals surface area contributed by atoms with Crippen LogP contribution >= 0.6 is 0 Å². The monoisotopic (exact) mass is 283 g/mol. The lowest BCUT2D eigenvalue weighted by molar-refractivity contribution is -0.140. The highest BCUT2D eigenvalue weighted by Crippen LogP contribution is 2.44. The van der Waals surface area contributed by atoms with Crippen LogP contribution in [0, 0.1) is 11.3 Å². The molecule has 20 heavy (non-hydrogen) atoms. The molecule has 2 fully saturated rings. The number of carbonyl (C=O) groups excluding carboxylic acids is 1. The van der Waals surface area contributed by atoms with E-state index in [-0.39, 0.29) is 23.8 Å². The van der Waals surface area contributed by atoms with Gasteiger partial charge in [-0.1, -0.05) is 12.8 Å². The van der Waals surface area contributed by atoms with Gasteiger partial charge in [0.2, 0.25) is 5.91 Å². The van der Waals surface area contributed by atoms with Crippen molar-refractivity contribution in [1.82, 2.24) is 5.32 Å². The molecule has 0 aromatic rings. The van der Waals surface area contributed by atoms with Crippen molar-refractivity contribution in [2.45, 2.75) is 63.9 Å². The molecule has 5 nitrogen and oxygen atoms in total. The highest BCUT2D eigenvalue weighted by atomic mass is 16.4. The number of amides is 1. The number of aliphatic hydroxyl groups excluding tert-OH is 1. The molecule has 2 atom stereocenters. The third-order valence-corrected chi connectivity index (χ3v) is 4.83.